The zero-order chi connectivity index (χ0) is 11.0. The summed E-state index contributed by atoms with van der Waals surface area (Å²) in [7, 11) is 0. The quantitative estimate of drug-likeness (QED) is 0.530. The molecule has 0 aliphatic carbocycles. The first kappa shape index (κ1) is 12.8. The van der Waals surface area contributed by atoms with E-state index in [-0.39, 0.29) is 30.5 Å². The van der Waals surface area contributed by atoms with Crippen LogP contribution in [-0.2, 0) is 0 Å². The fourth-order valence-corrected chi connectivity index (χ4v) is 1.72. The van der Waals surface area contributed by atoms with Gasteiger partial charge in [0, 0.05) is 6.20 Å². The molecule has 0 fully saturated rings. The van der Waals surface area contributed by atoms with Crippen LogP contribution in [0.1, 0.15) is 35.9 Å². The molecular weight excluding hydrogens is 199 g/mol. The van der Waals surface area contributed by atoms with Gasteiger partial charge in [-0.05, 0) is 18.1 Å². The Bertz CT molecular complexity index is 520. The third kappa shape index (κ3) is 1.99. The molecule has 2 heterocycles. The number of carbonyl (C=O) groups excluding carboxylic acids is 1. The molecule has 2 rings (SSSR count). The van der Waals surface area contributed by atoms with E-state index in [2.05, 4.69) is 4.98 Å². The van der Waals surface area contributed by atoms with E-state index >= 15 is 0 Å². The van der Waals surface area contributed by atoms with Crippen LogP contribution >= 0.6 is 0 Å². The molecule has 0 atom stereocenters. The normalized spacial score (nSPS) is 10.4. The van der Waals surface area contributed by atoms with Crippen LogP contribution in [0.5, 0.6) is 0 Å². The Morgan fingerprint density at radius 3 is 2.69 bits per heavy atom. The number of fused-ring (bicyclic) bond motifs is 1. The number of carboxylic acids is 1. The summed E-state index contributed by atoms with van der Waals surface area (Å²) in [6, 6.07) is 5.45. The van der Waals surface area contributed by atoms with Gasteiger partial charge in [-0.3, -0.25) is 0 Å². The first-order chi connectivity index (χ1) is 7.11. The minimum Gasteiger partial charge on any atom is -0.543 e. The summed E-state index contributed by atoms with van der Waals surface area (Å²) in [6.45, 7) is 3.87. The maximum atomic E-state index is 10.9. The summed E-state index contributed by atoms with van der Waals surface area (Å²) < 4.78 is 1.79. The summed E-state index contributed by atoms with van der Waals surface area (Å²) in [5.41, 5.74) is 1.36. The third-order valence-corrected chi connectivity index (χ3v) is 2.31. The smallest absolute Gasteiger partial charge is 0.543 e. The van der Waals surface area contributed by atoms with Crippen molar-refractivity contribution in [3.05, 3.63) is 35.8 Å². The van der Waals surface area contributed by atoms with Crippen molar-refractivity contribution in [2.75, 3.05) is 0 Å². The molecule has 0 aliphatic rings. The molecule has 5 heteroatoms. The number of imidazole rings is 1. The Morgan fingerprint density at radius 1 is 1.44 bits per heavy atom. The summed E-state index contributed by atoms with van der Waals surface area (Å²) in [5, 5.41) is 10.9. The standard InChI is InChI=1S/C11H12N2O2.Li/c1-7(2)10-9(11(14)15)12-8-5-3-4-6-13(8)10;/h3-7H,1-2H3,(H,14,15);/q;+1/p-1. The minimum absolute atomic E-state index is 0. The Labute approximate surface area is 105 Å². The number of pyridine rings is 1. The van der Waals surface area contributed by atoms with Gasteiger partial charge in [0.25, 0.3) is 0 Å². The Morgan fingerprint density at radius 2 is 2.12 bits per heavy atom. The molecule has 2 aromatic heterocycles. The van der Waals surface area contributed by atoms with E-state index in [0.29, 0.717) is 11.3 Å². The number of hydrogen-bond donors (Lipinski definition) is 0. The van der Waals surface area contributed by atoms with Crippen LogP contribution in [0.3, 0.4) is 0 Å². The molecule has 0 unspecified atom stereocenters. The molecule has 16 heavy (non-hydrogen) atoms. The number of aromatic carboxylic acids is 1. The van der Waals surface area contributed by atoms with Crippen LogP contribution in [0.15, 0.2) is 24.4 Å². The van der Waals surface area contributed by atoms with Gasteiger partial charge in [0.2, 0.25) is 0 Å². The van der Waals surface area contributed by atoms with Crippen LogP contribution in [0.25, 0.3) is 5.65 Å². The van der Waals surface area contributed by atoms with Gasteiger partial charge in [-0.15, -0.1) is 0 Å². The number of carbonyl (C=O) groups is 1. The number of nitrogens with zero attached hydrogens (tertiary/aromatic N) is 2. The van der Waals surface area contributed by atoms with Crippen LogP contribution < -0.4 is 24.0 Å². The topological polar surface area (TPSA) is 57.4 Å². The zero-order valence-corrected chi connectivity index (χ0v) is 9.60. The fraction of sp³-hybridized carbons (Fsp3) is 0.273. The van der Waals surface area contributed by atoms with Gasteiger partial charge in [0.1, 0.15) is 11.3 Å². The summed E-state index contributed by atoms with van der Waals surface area (Å²) >= 11 is 0. The Kier molecular flexibility index (Phi) is 3.79. The summed E-state index contributed by atoms with van der Waals surface area (Å²) in [5.74, 6) is -1.13. The predicted octanol–water partition coefficient (Wildman–Crippen LogP) is -2.17. The number of hydrogen-bond acceptors (Lipinski definition) is 3. The van der Waals surface area contributed by atoms with Gasteiger partial charge >= 0.3 is 18.9 Å². The average Bonchev–Trinajstić information content (AvgIpc) is 2.56. The van der Waals surface area contributed by atoms with E-state index in [1.165, 1.54) is 0 Å². The molecule has 0 aromatic carbocycles. The van der Waals surface area contributed by atoms with Crippen molar-refractivity contribution in [3.63, 3.8) is 0 Å². The van der Waals surface area contributed by atoms with Gasteiger partial charge in [0.15, 0.2) is 0 Å². The second-order valence-electron chi connectivity index (χ2n) is 3.72. The first-order valence-electron chi connectivity index (χ1n) is 4.79. The largest absolute Gasteiger partial charge is 1.00 e. The third-order valence-electron chi connectivity index (χ3n) is 2.31. The summed E-state index contributed by atoms with van der Waals surface area (Å²) in [6.07, 6.45) is 1.81. The minimum atomic E-state index is -1.22. The molecule has 0 saturated heterocycles. The maximum absolute atomic E-state index is 10.9. The van der Waals surface area contributed by atoms with Crippen LogP contribution in [0.4, 0.5) is 0 Å². The summed E-state index contributed by atoms with van der Waals surface area (Å²) in [4.78, 5) is 14.9. The van der Waals surface area contributed by atoms with Crippen molar-refractivity contribution in [1.82, 2.24) is 9.38 Å². The van der Waals surface area contributed by atoms with Gasteiger partial charge < -0.3 is 14.3 Å². The van der Waals surface area contributed by atoms with E-state index in [9.17, 15) is 9.90 Å². The molecule has 0 spiro atoms. The Hall–Kier alpha value is -1.24. The monoisotopic (exact) mass is 210 g/mol. The second kappa shape index (κ2) is 4.73. The van der Waals surface area contributed by atoms with Gasteiger partial charge in [-0.2, -0.15) is 0 Å². The molecule has 4 nitrogen and oxygen atoms in total. The number of aromatic nitrogens is 2. The second-order valence-corrected chi connectivity index (χ2v) is 3.72. The molecule has 0 N–H and O–H groups in total. The molecular formula is C11H11LiN2O2. The maximum Gasteiger partial charge on any atom is 1.00 e. The van der Waals surface area contributed by atoms with Gasteiger partial charge in [-0.25, -0.2) is 4.98 Å². The van der Waals surface area contributed by atoms with E-state index in [4.69, 9.17) is 0 Å². The number of rotatable bonds is 2. The molecule has 0 aliphatic heterocycles. The molecule has 0 bridgehead atoms. The van der Waals surface area contributed by atoms with E-state index < -0.39 is 5.97 Å². The van der Waals surface area contributed by atoms with E-state index in [1.54, 1.807) is 10.5 Å². The van der Waals surface area contributed by atoms with E-state index in [0.717, 1.165) is 0 Å². The average molecular weight is 210 g/mol. The van der Waals surface area contributed by atoms with Crippen molar-refractivity contribution in [2.45, 2.75) is 19.8 Å². The van der Waals surface area contributed by atoms with Crippen molar-refractivity contribution in [1.29, 1.82) is 0 Å². The SMILES string of the molecule is CC(C)c1c(C(=O)[O-])nc2ccccn12.[Li+]. The predicted molar refractivity (Wildman–Crippen MR) is 53.6 cm³/mol. The van der Waals surface area contributed by atoms with Crippen molar-refractivity contribution >= 4 is 11.6 Å². The molecule has 78 valence electrons. The number of carboxylic acid groups (broad SMARTS) is 1. The molecule has 0 saturated carbocycles. The van der Waals surface area contributed by atoms with Crippen molar-refractivity contribution < 1.29 is 28.8 Å². The van der Waals surface area contributed by atoms with Gasteiger partial charge in [-0.1, -0.05) is 19.9 Å². The van der Waals surface area contributed by atoms with Crippen LogP contribution in [-0.4, -0.2) is 15.4 Å². The first-order valence-corrected chi connectivity index (χ1v) is 4.79. The molecule has 2 aromatic rings. The van der Waals surface area contributed by atoms with Crippen molar-refractivity contribution in [2.24, 2.45) is 0 Å². The van der Waals surface area contributed by atoms with Crippen LogP contribution in [0, 0.1) is 0 Å². The van der Waals surface area contributed by atoms with E-state index in [1.807, 2.05) is 32.2 Å². The van der Waals surface area contributed by atoms with Gasteiger partial charge in [0.05, 0.1) is 11.7 Å². The molecule has 0 radical (unpaired) electrons. The zero-order valence-electron chi connectivity index (χ0n) is 9.60. The fourth-order valence-electron chi connectivity index (χ4n) is 1.72. The van der Waals surface area contributed by atoms with Crippen molar-refractivity contribution in [3.8, 4) is 0 Å². The van der Waals surface area contributed by atoms with Crippen LogP contribution in [0.2, 0.25) is 0 Å². The molecule has 0 amide bonds. The Balaban J connectivity index is 0.00000128.